The van der Waals surface area contributed by atoms with Crippen LogP contribution in [0.15, 0.2) is 18.2 Å². The fraction of sp³-hybridized carbons (Fsp3) is 0.538. The van der Waals surface area contributed by atoms with Gasteiger partial charge in [-0.15, -0.1) is 11.6 Å². The summed E-state index contributed by atoms with van der Waals surface area (Å²) in [7, 11) is 1.64. The summed E-state index contributed by atoms with van der Waals surface area (Å²) >= 11 is 5.89. The van der Waals surface area contributed by atoms with Crippen LogP contribution in [0.3, 0.4) is 0 Å². The van der Waals surface area contributed by atoms with Gasteiger partial charge in [-0.3, -0.25) is 0 Å². The van der Waals surface area contributed by atoms with E-state index in [2.05, 4.69) is 0 Å². The van der Waals surface area contributed by atoms with Crippen molar-refractivity contribution in [3.8, 4) is 11.5 Å². The molecule has 1 atom stereocenters. The van der Waals surface area contributed by atoms with Crippen molar-refractivity contribution in [2.45, 2.75) is 24.8 Å². The quantitative estimate of drug-likeness (QED) is 0.775. The molecule has 1 heterocycles. The Kier molecular flexibility index (Phi) is 4.51. The lowest BCUT2D eigenvalue weighted by Gasteiger charge is -2.24. The van der Waals surface area contributed by atoms with Crippen molar-refractivity contribution in [3.05, 3.63) is 23.8 Å². The summed E-state index contributed by atoms with van der Waals surface area (Å²) in [5.41, 5.74) is 0.984. The van der Waals surface area contributed by atoms with Gasteiger partial charge in [-0.1, -0.05) is 6.07 Å². The van der Waals surface area contributed by atoms with E-state index in [9.17, 15) is 0 Å². The zero-order valence-corrected chi connectivity index (χ0v) is 10.7. The van der Waals surface area contributed by atoms with Gasteiger partial charge in [0, 0.05) is 18.2 Å². The predicted molar refractivity (Wildman–Crippen MR) is 67.0 cm³/mol. The summed E-state index contributed by atoms with van der Waals surface area (Å²) in [6, 6.07) is 5.71. The van der Waals surface area contributed by atoms with E-state index in [1.165, 1.54) is 0 Å². The summed E-state index contributed by atoms with van der Waals surface area (Å²) in [5.74, 6) is 2.02. The average Bonchev–Trinajstić information content (AvgIpc) is 2.40. The number of hydrogen-bond acceptors (Lipinski definition) is 3. The second-order valence-electron chi connectivity index (χ2n) is 4.06. The number of hydrogen-bond donors (Lipinski definition) is 0. The zero-order valence-electron chi connectivity index (χ0n) is 9.95. The highest BCUT2D eigenvalue weighted by Gasteiger charge is 2.17. The lowest BCUT2D eigenvalue weighted by Crippen LogP contribution is -2.28. The lowest BCUT2D eigenvalue weighted by molar-refractivity contribution is 0.00705. The molecule has 0 N–H and O–H groups in total. The molecular formula is C13H17ClO3. The third-order valence-corrected chi connectivity index (χ3v) is 3.12. The number of benzene rings is 1. The van der Waals surface area contributed by atoms with E-state index in [1.54, 1.807) is 7.11 Å². The van der Waals surface area contributed by atoms with Crippen LogP contribution in [0.2, 0.25) is 0 Å². The van der Waals surface area contributed by atoms with E-state index in [-0.39, 0.29) is 6.10 Å². The second kappa shape index (κ2) is 6.12. The molecule has 0 radical (unpaired) electrons. The highest BCUT2D eigenvalue weighted by atomic mass is 35.5. The molecule has 2 rings (SSSR count). The first kappa shape index (κ1) is 12.5. The normalized spacial score (nSPS) is 20.0. The summed E-state index contributed by atoms with van der Waals surface area (Å²) in [4.78, 5) is 0. The number of ether oxygens (including phenoxy) is 3. The van der Waals surface area contributed by atoms with Gasteiger partial charge in [-0.2, -0.15) is 0 Å². The molecule has 1 aliphatic rings. The van der Waals surface area contributed by atoms with Crippen LogP contribution >= 0.6 is 11.6 Å². The van der Waals surface area contributed by atoms with Crippen molar-refractivity contribution < 1.29 is 14.2 Å². The minimum absolute atomic E-state index is 0.123. The van der Waals surface area contributed by atoms with Gasteiger partial charge in [-0.25, -0.2) is 0 Å². The van der Waals surface area contributed by atoms with Crippen molar-refractivity contribution in [2.24, 2.45) is 0 Å². The minimum atomic E-state index is 0.123. The SMILES string of the molecule is COc1ccc(CCl)c(OC2CCCOC2)c1. The van der Waals surface area contributed by atoms with Crippen LogP contribution in [0.1, 0.15) is 18.4 Å². The summed E-state index contributed by atoms with van der Waals surface area (Å²) in [6.45, 7) is 1.49. The monoisotopic (exact) mass is 256 g/mol. The van der Waals surface area contributed by atoms with Crippen molar-refractivity contribution in [1.82, 2.24) is 0 Å². The fourth-order valence-corrected chi connectivity index (χ4v) is 2.09. The maximum atomic E-state index is 5.93. The maximum absolute atomic E-state index is 5.93. The molecule has 0 aromatic heterocycles. The van der Waals surface area contributed by atoms with Gasteiger partial charge in [0.15, 0.2) is 0 Å². The molecule has 0 aliphatic carbocycles. The number of methoxy groups -OCH3 is 1. The van der Waals surface area contributed by atoms with Gasteiger partial charge in [0.05, 0.1) is 19.6 Å². The Morgan fingerprint density at radius 2 is 2.35 bits per heavy atom. The fourth-order valence-electron chi connectivity index (χ4n) is 1.87. The van der Waals surface area contributed by atoms with Crippen LogP contribution in [0, 0.1) is 0 Å². The van der Waals surface area contributed by atoms with Crippen LogP contribution in [0.25, 0.3) is 0 Å². The highest BCUT2D eigenvalue weighted by Crippen LogP contribution is 2.28. The van der Waals surface area contributed by atoms with Gasteiger partial charge >= 0.3 is 0 Å². The van der Waals surface area contributed by atoms with Crippen LogP contribution < -0.4 is 9.47 Å². The molecule has 0 bridgehead atoms. The molecule has 1 fully saturated rings. The Hall–Kier alpha value is -0.930. The second-order valence-corrected chi connectivity index (χ2v) is 4.33. The van der Waals surface area contributed by atoms with Crippen molar-refractivity contribution in [3.63, 3.8) is 0 Å². The first-order valence-corrected chi connectivity index (χ1v) is 6.34. The highest BCUT2D eigenvalue weighted by molar-refractivity contribution is 6.17. The molecule has 17 heavy (non-hydrogen) atoms. The molecule has 0 saturated carbocycles. The molecular weight excluding hydrogens is 240 g/mol. The Bertz CT molecular complexity index is 362. The van der Waals surface area contributed by atoms with Gasteiger partial charge in [0.2, 0.25) is 0 Å². The average molecular weight is 257 g/mol. The summed E-state index contributed by atoms with van der Waals surface area (Å²) in [6.07, 6.45) is 2.20. The van der Waals surface area contributed by atoms with E-state index in [1.807, 2.05) is 18.2 Å². The maximum Gasteiger partial charge on any atom is 0.127 e. The first-order valence-electron chi connectivity index (χ1n) is 5.80. The molecule has 1 saturated heterocycles. The standard InChI is InChI=1S/C13H17ClO3/c1-15-11-5-4-10(8-14)13(7-11)17-12-3-2-6-16-9-12/h4-5,7,12H,2-3,6,8-9H2,1H3. The van der Waals surface area contributed by atoms with Crippen LogP contribution in [0.4, 0.5) is 0 Å². The molecule has 1 aromatic rings. The number of alkyl halides is 1. The van der Waals surface area contributed by atoms with Crippen molar-refractivity contribution >= 4 is 11.6 Å². The smallest absolute Gasteiger partial charge is 0.127 e. The topological polar surface area (TPSA) is 27.7 Å². The summed E-state index contributed by atoms with van der Waals surface area (Å²) in [5, 5.41) is 0. The minimum Gasteiger partial charge on any atom is -0.497 e. The van der Waals surface area contributed by atoms with Gasteiger partial charge < -0.3 is 14.2 Å². The van der Waals surface area contributed by atoms with E-state index in [0.717, 1.165) is 36.5 Å². The zero-order chi connectivity index (χ0) is 12.1. The van der Waals surface area contributed by atoms with Crippen molar-refractivity contribution in [1.29, 1.82) is 0 Å². The molecule has 3 nitrogen and oxygen atoms in total. The molecule has 1 aromatic carbocycles. The third kappa shape index (κ3) is 3.27. The van der Waals surface area contributed by atoms with Crippen molar-refractivity contribution in [2.75, 3.05) is 20.3 Å². The predicted octanol–water partition coefficient (Wildman–Crippen LogP) is 2.99. The Balaban J connectivity index is 2.11. The van der Waals surface area contributed by atoms with E-state index < -0.39 is 0 Å². The van der Waals surface area contributed by atoms with E-state index >= 15 is 0 Å². The number of halogens is 1. The summed E-state index contributed by atoms with van der Waals surface area (Å²) < 4.78 is 16.5. The largest absolute Gasteiger partial charge is 0.497 e. The Labute approximate surface area is 107 Å². The molecule has 0 spiro atoms. The van der Waals surface area contributed by atoms with Crippen LogP contribution in [-0.2, 0) is 10.6 Å². The molecule has 4 heteroatoms. The third-order valence-electron chi connectivity index (χ3n) is 2.83. The Morgan fingerprint density at radius 1 is 1.47 bits per heavy atom. The van der Waals surface area contributed by atoms with E-state index in [4.69, 9.17) is 25.8 Å². The molecule has 1 aliphatic heterocycles. The van der Waals surface area contributed by atoms with E-state index in [0.29, 0.717) is 12.5 Å². The van der Waals surface area contributed by atoms with Gasteiger partial charge in [-0.05, 0) is 18.9 Å². The number of rotatable bonds is 4. The van der Waals surface area contributed by atoms with Crippen LogP contribution in [-0.4, -0.2) is 26.4 Å². The molecule has 1 unspecified atom stereocenters. The first-order chi connectivity index (χ1) is 8.33. The van der Waals surface area contributed by atoms with Crippen LogP contribution in [0.5, 0.6) is 11.5 Å². The Morgan fingerprint density at radius 3 is 3.00 bits per heavy atom. The van der Waals surface area contributed by atoms with Gasteiger partial charge in [0.1, 0.15) is 17.6 Å². The lowest BCUT2D eigenvalue weighted by atomic mass is 10.1. The molecule has 94 valence electrons. The molecule has 0 amide bonds. The van der Waals surface area contributed by atoms with Gasteiger partial charge in [0.25, 0.3) is 0 Å².